The summed E-state index contributed by atoms with van der Waals surface area (Å²) in [6, 6.07) is 7.55. The largest absolute Gasteiger partial charge is 0.353 e. The SMILES string of the molecule is CNS(=O)(=O)c1ccc(N2CC=C(c3cccs3)CC2)nc1. The summed E-state index contributed by atoms with van der Waals surface area (Å²) in [6.07, 6.45) is 4.59. The van der Waals surface area contributed by atoms with E-state index in [2.05, 4.69) is 38.2 Å². The third-order valence-corrected chi connectivity index (χ3v) is 6.02. The van der Waals surface area contributed by atoms with Crippen LogP contribution in [0, 0.1) is 0 Å². The van der Waals surface area contributed by atoms with Gasteiger partial charge < -0.3 is 4.90 Å². The van der Waals surface area contributed by atoms with Gasteiger partial charge in [-0.05, 0) is 42.6 Å². The molecule has 2 aromatic rings. The van der Waals surface area contributed by atoms with Crippen LogP contribution in [0.5, 0.6) is 0 Å². The summed E-state index contributed by atoms with van der Waals surface area (Å²) in [5, 5.41) is 2.09. The smallest absolute Gasteiger partial charge is 0.241 e. The van der Waals surface area contributed by atoms with Crippen LogP contribution in [0.1, 0.15) is 11.3 Å². The van der Waals surface area contributed by atoms with Gasteiger partial charge in [-0.3, -0.25) is 0 Å². The predicted molar refractivity (Wildman–Crippen MR) is 89.6 cm³/mol. The molecule has 22 heavy (non-hydrogen) atoms. The molecule has 0 atom stereocenters. The molecule has 0 spiro atoms. The van der Waals surface area contributed by atoms with Gasteiger partial charge in [-0.25, -0.2) is 18.1 Å². The van der Waals surface area contributed by atoms with Crippen molar-refractivity contribution >= 4 is 32.8 Å². The highest BCUT2D eigenvalue weighted by Gasteiger charge is 2.16. The van der Waals surface area contributed by atoms with E-state index in [4.69, 9.17) is 0 Å². The Balaban J connectivity index is 1.74. The molecule has 3 heterocycles. The van der Waals surface area contributed by atoms with Crippen LogP contribution in [0.4, 0.5) is 5.82 Å². The van der Waals surface area contributed by atoms with Gasteiger partial charge in [0.25, 0.3) is 0 Å². The monoisotopic (exact) mass is 335 g/mol. The molecule has 0 saturated heterocycles. The van der Waals surface area contributed by atoms with E-state index in [1.165, 1.54) is 23.7 Å². The lowest BCUT2D eigenvalue weighted by molar-refractivity contribution is 0.588. The quantitative estimate of drug-likeness (QED) is 0.931. The van der Waals surface area contributed by atoms with Crippen molar-refractivity contribution in [1.82, 2.24) is 9.71 Å². The Morgan fingerprint density at radius 2 is 2.18 bits per heavy atom. The molecule has 1 aliphatic heterocycles. The number of rotatable bonds is 4. The lowest BCUT2D eigenvalue weighted by Crippen LogP contribution is -2.29. The highest BCUT2D eigenvalue weighted by atomic mass is 32.2. The van der Waals surface area contributed by atoms with Gasteiger partial charge in [0, 0.05) is 24.2 Å². The third-order valence-electron chi connectivity index (χ3n) is 3.67. The minimum atomic E-state index is -3.43. The maximum atomic E-state index is 11.7. The minimum Gasteiger partial charge on any atom is -0.353 e. The Labute approximate surface area is 134 Å². The van der Waals surface area contributed by atoms with Crippen LogP contribution < -0.4 is 9.62 Å². The maximum Gasteiger partial charge on any atom is 0.241 e. The van der Waals surface area contributed by atoms with Crippen molar-refractivity contribution in [2.45, 2.75) is 11.3 Å². The zero-order valence-corrected chi connectivity index (χ0v) is 13.8. The van der Waals surface area contributed by atoms with Gasteiger partial charge in [-0.2, -0.15) is 0 Å². The molecule has 0 unspecified atom stereocenters. The molecule has 0 amide bonds. The van der Waals surface area contributed by atoms with Crippen molar-refractivity contribution in [3.8, 4) is 0 Å². The third kappa shape index (κ3) is 3.06. The summed E-state index contributed by atoms with van der Waals surface area (Å²) in [4.78, 5) is 7.94. The molecule has 0 aromatic carbocycles. The van der Waals surface area contributed by atoms with Crippen LogP contribution in [0.2, 0.25) is 0 Å². The molecule has 1 N–H and O–H groups in total. The molecule has 0 aliphatic carbocycles. The Bertz CT molecular complexity index is 766. The van der Waals surface area contributed by atoms with Crippen LogP contribution in [0.3, 0.4) is 0 Å². The number of aromatic nitrogens is 1. The molecule has 0 saturated carbocycles. The van der Waals surface area contributed by atoms with E-state index < -0.39 is 10.0 Å². The highest BCUT2D eigenvalue weighted by Crippen LogP contribution is 2.27. The van der Waals surface area contributed by atoms with E-state index in [9.17, 15) is 8.42 Å². The maximum absolute atomic E-state index is 11.7. The van der Waals surface area contributed by atoms with Crippen molar-refractivity contribution in [1.29, 1.82) is 0 Å². The molecular weight excluding hydrogens is 318 g/mol. The van der Waals surface area contributed by atoms with Gasteiger partial charge in [-0.15, -0.1) is 11.3 Å². The lowest BCUT2D eigenvalue weighted by atomic mass is 10.1. The number of anilines is 1. The van der Waals surface area contributed by atoms with Gasteiger partial charge in [0.05, 0.1) is 0 Å². The number of hydrogen-bond acceptors (Lipinski definition) is 5. The molecular formula is C15H17N3O2S2. The zero-order chi connectivity index (χ0) is 15.6. The molecule has 116 valence electrons. The van der Waals surface area contributed by atoms with E-state index in [1.807, 2.05) is 0 Å². The van der Waals surface area contributed by atoms with Crippen LogP contribution in [0.15, 0.2) is 46.8 Å². The molecule has 0 fully saturated rings. The molecule has 2 aromatic heterocycles. The summed E-state index contributed by atoms with van der Waals surface area (Å²) in [7, 11) is -2.03. The average Bonchev–Trinajstić information content (AvgIpc) is 3.10. The van der Waals surface area contributed by atoms with Gasteiger partial charge in [0.1, 0.15) is 10.7 Å². The fourth-order valence-electron chi connectivity index (χ4n) is 2.40. The second-order valence-electron chi connectivity index (χ2n) is 4.96. The first-order chi connectivity index (χ1) is 10.6. The van der Waals surface area contributed by atoms with E-state index in [1.54, 1.807) is 23.5 Å². The van der Waals surface area contributed by atoms with Crippen LogP contribution in [0.25, 0.3) is 5.57 Å². The Morgan fingerprint density at radius 1 is 1.32 bits per heavy atom. The van der Waals surface area contributed by atoms with Gasteiger partial charge in [0.15, 0.2) is 0 Å². The molecule has 3 rings (SSSR count). The summed E-state index contributed by atoms with van der Waals surface area (Å²) in [5.41, 5.74) is 1.38. The second kappa shape index (κ2) is 6.20. The van der Waals surface area contributed by atoms with E-state index in [-0.39, 0.29) is 4.90 Å². The summed E-state index contributed by atoms with van der Waals surface area (Å²) < 4.78 is 25.7. The Morgan fingerprint density at radius 3 is 2.73 bits per heavy atom. The lowest BCUT2D eigenvalue weighted by Gasteiger charge is -2.27. The number of nitrogens with one attached hydrogen (secondary N) is 1. The van der Waals surface area contributed by atoms with Crippen molar-refractivity contribution in [3.05, 3.63) is 46.8 Å². The van der Waals surface area contributed by atoms with Crippen LogP contribution >= 0.6 is 11.3 Å². The van der Waals surface area contributed by atoms with E-state index in [0.29, 0.717) is 0 Å². The minimum absolute atomic E-state index is 0.186. The zero-order valence-electron chi connectivity index (χ0n) is 12.2. The molecule has 0 bridgehead atoms. The van der Waals surface area contributed by atoms with Crippen molar-refractivity contribution < 1.29 is 8.42 Å². The number of hydrogen-bond donors (Lipinski definition) is 1. The number of pyridine rings is 1. The van der Waals surface area contributed by atoms with Crippen LogP contribution in [-0.4, -0.2) is 33.5 Å². The van der Waals surface area contributed by atoms with Crippen molar-refractivity contribution in [2.75, 3.05) is 25.0 Å². The fraction of sp³-hybridized carbons (Fsp3) is 0.267. The van der Waals surface area contributed by atoms with Gasteiger partial charge >= 0.3 is 0 Å². The highest BCUT2D eigenvalue weighted by molar-refractivity contribution is 7.89. The normalized spacial score (nSPS) is 15.7. The van der Waals surface area contributed by atoms with Crippen molar-refractivity contribution in [2.24, 2.45) is 0 Å². The van der Waals surface area contributed by atoms with Gasteiger partial charge in [0.2, 0.25) is 10.0 Å². The molecule has 1 aliphatic rings. The van der Waals surface area contributed by atoms with Gasteiger partial charge in [-0.1, -0.05) is 12.1 Å². The Kier molecular flexibility index (Phi) is 4.28. The molecule has 5 nitrogen and oxygen atoms in total. The summed E-state index contributed by atoms with van der Waals surface area (Å²) in [5.74, 6) is 0.802. The second-order valence-corrected chi connectivity index (χ2v) is 7.80. The first-order valence-electron chi connectivity index (χ1n) is 6.97. The predicted octanol–water partition coefficient (Wildman–Crippen LogP) is 2.34. The molecule has 7 heteroatoms. The van der Waals surface area contributed by atoms with Crippen LogP contribution in [-0.2, 0) is 10.0 Å². The summed E-state index contributed by atoms with van der Waals surface area (Å²) in [6.45, 7) is 1.67. The first-order valence-corrected chi connectivity index (χ1v) is 9.34. The molecule has 0 radical (unpaired) electrons. The van der Waals surface area contributed by atoms with Crippen molar-refractivity contribution in [3.63, 3.8) is 0 Å². The fourth-order valence-corrected chi connectivity index (χ4v) is 3.87. The summed E-state index contributed by atoms with van der Waals surface area (Å²) >= 11 is 1.76. The first kappa shape index (κ1) is 15.2. The number of sulfonamides is 1. The van der Waals surface area contributed by atoms with E-state index >= 15 is 0 Å². The number of thiophene rings is 1. The number of nitrogens with zero attached hydrogens (tertiary/aromatic N) is 2. The Hall–Kier alpha value is -1.70. The topological polar surface area (TPSA) is 62.3 Å². The standard InChI is InChI=1S/C15H17N3O2S2/c1-16-22(19,20)13-4-5-15(17-11-13)18-8-6-12(7-9-18)14-3-2-10-21-14/h2-6,10-11,16H,7-9H2,1H3. The average molecular weight is 335 g/mol. The van der Waals surface area contributed by atoms with E-state index in [0.717, 1.165) is 25.3 Å².